The summed E-state index contributed by atoms with van der Waals surface area (Å²) in [4.78, 5) is 10.5. The molecule has 0 aliphatic carbocycles. The molecule has 0 aliphatic rings. The van der Waals surface area contributed by atoms with Gasteiger partial charge in [-0.05, 0) is 25.2 Å². The molecule has 0 fully saturated rings. The summed E-state index contributed by atoms with van der Waals surface area (Å²) < 4.78 is 0. The zero-order valence-electron chi connectivity index (χ0n) is 14.7. The predicted octanol–water partition coefficient (Wildman–Crippen LogP) is 5.55. The van der Waals surface area contributed by atoms with E-state index < -0.39 is 5.97 Å². The van der Waals surface area contributed by atoms with Gasteiger partial charge in [0.25, 0.3) is 0 Å². The predicted molar refractivity (Wildman–Crippen MR) is 93.1 cm³/mol. The van der Waals surface area contributed by atoms with E-state index in [1.807, 2.05) is 0 Å². The third kappa shape index (κ3) is 15.8. The zero-order valence-corrected chi connectivity index (χ0v) is 14.7. The Labute approximate surface area is 137 Å². The standard InChI is InChI=1S/C19H38O3/c1-2-3-4-5-6-7-8-9-10-11-12-14-18(17-20)15-13-16-19(21)22/h18,20H,2-17H2,1H3,(H,21,22). The van der Waals surface area contributed by atoms with E-state index in [1.165, 1.54) is 70.6 Å². The Hall–Kier alpha value is -0.570. The summed E-state index contributed by atoms with van der Waals surface area (Å²) in [7, 11) is 0. The number of carboxylic acids is 1. The molecule has 22 heavy (non-hydrogen) atoms. The molecule has 2 N–H and O–H groups in total. The van der Waals surface area contributed by atoms with E-state index in [-0.39, 0.29) is 13.0 Å². The summed E-state index contributed by atoms with van der Waals surface area (Å²) >= 11 is 0. The lowest BCUT2D eigenvalue weighted by Crippen LogP contribution is -2.07. The first-order valence-corrected chi connectivity index (χ1v) is 9.53. The van der Waals surface area contributed by atoms with Crippen molar-refractivity contribution < 1.29 is 15.0 Å². The van der Waals surface area contributed by atoms with Crippen molar-refractivity contribution in [1.82, 2.24) is 0 Å². The van der Waals surface area contributed by atoms with Crippen LogP contribution in [0.3, 0.4) is 0 Å². The average Bonchev–Trinajstić information content (AvgIpc) is 2.50. The van der Waals surface area contributed by atoms with E-state index in [0.717, 1.165) is 12.8 Å². The molecule has 0 saturated carbocycles. The van der Waals surface area contributed by atoms with E-state index in [2.05, 4.69) is 6.92 Å². The van der Waals surface area contributed by atoms with Crippen LogP contribution in [0.5, 0.6) is 0 Å². The van der Waals surface area contributed by atoms with Gasteiger partial charge in [-0.2, -0.15) is 0 Å². The first-order valence-electron chi connectivity index (χ1n) is 9.53. The van der Waals surface area contributed by atoms with Gasteiger partial charge in [-0.1, -0.05) is 77.6 Å². The Morgan fingerprint density at radius 1 is 0.773 bits per heavy atom. The van der Waals surface area contributed by atoms with E-state index in [4.69, 9.17) is 5.11 Å². The van der Waals surface area contributed by atoms with Crippen LogP contribution in [0, 0.1) is 5.92 Å². The Balaban J connectivity index is 3.27. The number of aliphatic carboxylic acids is 1. The van der Waals surface area contributed by atoms with Gasteiger partial charge in [-0.3, -0.25) is 4.79 Å². The molecule has 0 aromatic rings. The molecule has 0 amide bonds. The fourth-order valence-electron chi connectivity index (χ4n) is 2.97. The molecular weight excluding hydrogens is 276 g/mol. The summed E-state index contributed by atoms with van der Waals surface area (Å²) in [6.45, 7) is 2.46. The molecule has 1 unspecified atom stereocenters. The fraction of sp³-hybridized carbons (Fsp3) is 0.947. The third-order valence-electron chi connectivity index (χ3n) is 4.48. The third-order valence-corrected chi connectivity index (χ3v) is 4.48. The second-order valence-electron chi connectivity index (χ2n) is 6.66. The molecule has 3 nitrogen and oxygen atoms in total. The highest BCUT2D eigenvalue weighted by molar-refractivity contribution is 5.66. The smallest absolute Gasteiger partial charge is 0.303 e. The molecule has 0 bridgehead atoms. The van der Waals surface area contributed by atoms with Gasteiger partial charge < -0.3 is 10.2 Å². The Morgan fingerprint density at radius 3 is 1.68 bits per heavy atom. The molecule has 0 saturated heterocycles. The van der Waals surface area contributed by atoms with Crippen LogP contribution >= 0.6 is 0 Å². The summed E-state index contributed by atoms with van der Waals surface area (Å²) in [5.41, 5.74) is 0. The highest BCUT2D eigenvalue weighted by Gasteiger charge is 2.08. The zero-order chi connectivity index (χ0) is 16.5. The first kappa shape index (κ1) is 21.4. The number of hydrogen-bond acceptors (Lipinski definition) is 2. The maximum atomic E-state index is 10.5. The summed E-state index contributed by atoms with van der Waals surface area (Å²) in [5.74, 6) is -0.427. The van der Waals surface area contributed by atoms with Crippen LogP contribution in [0.2, 0.25) is 0 Å². The highest BCUT2D eigenvalue weighted by atomic mass is 16.4. The van der Waals surface area contributed by atoms with E-state index in [9.17, 15) is 9.90 Å². The number of rotatable bonds is 17. The number of aliphatic hydroxyl groups excluding tert-OH is 1. The number of aliphatic hydroxyl groups is 1. The van der Waals surface area contributed by atoms with Crippen LogP contribution < -0.4 is 0 Å². The van der Waals surface area contributed by atoms with Crippen LogP contribution in [0.15, 0.2) is 0 Å². The number of carbonyl (C=O) groups is 1. The van der Waals surface area contributed by atoms with Crippen molar-refractivity contribution in [3.05, 3.63) is 0 Å². The van der Waals surface area contributed by atoms with Crippen molar-refractivity contribution in [3.63, 3.8) is 0 Å². The summed E-state index contributed by atoms with van der Waals surface area (Å²) in [6.07, 6.45) is 17.6. The van der Waals surface area contributed by atoms with Crippen molar-refractivity contribution in [2.75, 3.05) is 6.61 Å². The number of carboxylic acid groups (broad SMARTS) is 1. The van der Waals surface area contributed by atoms with Crippen molar-refractivity contribution in [1.29, 1.82) is 0 Å². The molecule has 0 radical (unpaired) electrons. The van der Waals surface area contributed by atoms with Crippen molar-refractivity contribution >= 4 is 5.97 Å². The Morgan fingerprint density at radius 2 is 1.23 bits per heavy atom. The minimum Gasteiger partial charge on any atom is -0.481 e. The normalized spacial score (nSPS) is 12.5. The van der Waals surface area contributed by atoms with Crippen LogP contribution in [-0.4, -0.2) is 22.8 Å². The average molecular weight is 315 g/mol. The van der Waals surface area contributed by atoms with Crippen LogP contribution in [0.1, 0.15) is 103 Å². The SMILES string of the molecule is CCCCCCCCCCCCCC(CO)CCCC(=O)O. The van der Waals surface area contributed by atoms with Crippen LogP contribution in [0.4, 0.5) is 0 Å². The molecular formula is C19H38O3. The van der Waals surface area contributed by atoms with E-state index in [1.54, 1.807) is 0 Å². The largest absolute Gasteiger partial charge is 0.481 e. The highest BCUT2D eigenvalue weighted by Crippen LogP contribution is 2.18. The van der Waals surface area contributed by atoms with Gasteiger partial charge in [0.1, 0.15) is 0 Å². The Kier molecular flexibility index (Phi) is 16.4. The van der Waals surface area contributed by atoms with Crippen molar-refractivity contribution in [3.8, 4) is 0 Å². The maximum Gasteiger partial charge on any atom is 0.303 e. The van der Waals surface area contributed by atoms with E-state index >= 15 is 0 Å². The van der Waals surface area contributed by atoms with Gasteiger partial charge in [-0.15, -0.1) is 0 Å². The fourth-order valence-corrected chi connectivity index (χ4v) is 2.97. The molecule has 0 heterocycles. The first-order chi connectivity index (χ1) is 10.7. The maximum absolute atomic E-state index is 10.5. The lowest BCUT2D eigenvalue weighted by molar-refractivity contribution is -0.137. The molecule has 3 heteroatoms. The van der Waals surface area contributed by atoms with Crippen molar-refractivity contribution in [2.45, 2.75) is 103 Å². The quantitative estimate of drug-likeness (QED) is 0.346. The van der Waals surface area contributed by atoms with E-state index in [0.29, 0.717) is 12.3 Å². The summed E-state index contributed by atoms with van der Waals surface area (Å²) in [6, 6.07) is 0. The van der Waals surface area contributed by atoms with Gasteiger partial charge in [0.15, 0.2) is 0 Å². The number of unbranched alkanes of at least 4 members (excludes halogenated alkanes) is 10. The van der Waals surface area contributed by atoms with Crippen molar-refractivity contribution in [2.24, 2.45) is 5.92 Å². The second kappa shape index (κ2) is 16.8. The van der Waals surface area contributed by atoms with Crippen LogP contribution in [-0.2, 0) is 4.79 Å². The molecule has 0 aromatic carbocycles. The molecule has 0 aliphatic heterocycles. The molecule has 1 atom stereocenters. The summed E-state index contributed by atoms with van der Waals surface area (Å²) in [5, 5.41) is 17.9. The minimum absolute atomic E-state index is 0.206. The minimum atomic E-state index is -0.730. The number of hydrogen-bond donors (Lipinski definition) is 2. The Bertz CT molecular complexity index is 241. The van der Waals surface area contributed by atoms with Gasteiger partial charge in [0, 0.05) is 13.0 Å². The lowest BCUT2D eigenvalue weighted by atomic mass is 9.95. The van der Waals surface area contributed by atoms with Gasteiger partial charge in [-0.25, -0.2) is 0 Å². The topological polar surface area (TPSA) is 57.5 Å². The second-order valence-corrected chi connectivity index (χ2v) is 6.66. The van der Waals surface area contributed by atoms with Gasteiger partial charge in [0.05, 0.1) is 0 Å². The molecule has 132 valence electrons. The molecule has 0 aromatic heterocycles. The lowest BCUT2D eigenvalue weighted by Gasteiger charge is -2.13. The monoisotopic (exact) mass is 314 g/mol. The van der Waals surface area contributed by atoms with Crippen LogP contribution in [0.25, 0.3) is 0 Å². The molecule has 0 rings (SSSR count). The molecule has 0 spiro atoms. The van der Waals surface area contributed by atoms with Gasteiger partial charge in [0.2, 0.25) is 0 Å². The van der Waals surface area contributed by atoms with Gasteiger partial charge >= 0.3 is 5.97 Å².